The Bertz CT molecular complexity index is 2490. The molecule has 244 valence electrons. The van der Waals surface area contributed by atoms with E-state index < -0.39 is 8.07 Å². The average Bonchev–Trinajstić information content (AvgIpc) is 3.13. The Kier molecular flexibility index (Phi) is 7.21. The van der Waals surface area contributed by atoms with Gasteiger partial charge in [0.05, 0.1) is 5.36 Å². The topological polar surface area (TPSA) is 24.4 Å². The number of nitrogens with one attached hydrogen (secondary N) is 1. The smallest absolute Gasteiger partial charge is 0.114 e. The van der Waals surface area contributed by atoms with Crippen LogP contribution in [-0.2, 0) is 25.7 Å². The van der Waals surface area contributed by atoms with Crippen LogP contribution in [0.4, 0.5) is 5.69 Å². The Labute approximate surface area is 291 Å². The molecule has 0 radical (unpaired) electrons. The molecular weight excluding hydrogens is 609 g/mol. The van der Waals surface area contributed by atoms with E-state index in [-0.39, 0.29) is 0 Å². The van der Waals surface area contributed by atoms with Crippen molar-refractivity contribution in [2.75, 3.05) is 18.4 Å². The van der Waals surface area contributed by atoms with Crippen molar-refractivity contribution >= 4 is 51.3 Å². The van der Waals surface area contributed by atoms with Gasteiger partial charge in [0, 0.05) is 18.8 Å². The van der Waals surface area contributed by atoms with Crippen LogP contribution in [0.25, 0.3) is 38.2 Å². The molecule has 0 fully saturated rings. The molecule has 9 rings (SSSR count). The largest absolute Gasteiger partial charge is 0.385 e. The van der Waals surface area contributed by atoms with Gasteiger partial charge in [-0.05, 0) is 175 Å². The molecule has 0 saturated carbocycles. The van der Waals surface area contributed by atoms with Gasteiger partial charge in [-0.2, -0.15) is 0 Å². The number of aryl methyl sites for hydroxylation is 5. The van der Waals surface area contributed by atoms with Gasteiger partial charge in [-0.1, -0.05) is 75.5 Å². The van der Waals surface area contributed by atoms with Crippen molar-refractivity contribution in [1.29, 1.82) is 0 Å². The van der Waals surface area contributed by atoms with Gasteiger partial charge in [-0.15, -0.1) is 0 Å². The first kappa shape index (κ1) is 30.6. The van der Waals surface area contributed by atoms with E-state index in [2.05, 4.69) is 124 Å². The summed E-state index contributed by atoms with van der Waals surface area (Å²) in [6, 6.07) is 33.6. The van der Waals surface area contributed by atoms with Gasteiger partial charge in [0.2, 0.25) is 0 Å². The van der Waals surface area contributed by atoms with Crippen LogP contribution in [0.3, 0.4) is 0 Å². The molecule has 3 heterocycles. The summed E-state index contributed by atoms with van der Waals surface area (Å²) in [5.74, 6) is 0. The summed E-state index contributed by atoms with van der Waals surface area (Å²) < 4.78 is 0. The second kappa shape index (κ2) is 11.6. The van der Waals surface area contributed by atoms with E-state index in [1.165, 1.54) is 105 Å². The van der Waals surface area contributed by atoms with Gasteiger partial charge in [0.25, 0.3) is 0 Å². The summed E-state index contributed by atoms with van der Waals surface area (Å²) in [5, 5.41) is 15.2. The number of rotatable bonds is 4. The van der Waals surface area contributed by atoms with Crippen LogP contribution in [0, 0.1) is 6.92 Å². The summed E-state index contributed by atoms with van der Waals surface area (Å²) in [5.41, 5.74) is 15.3. The maximum absolute atomic E-state index is 5.03. The van der Waals surface area contributed by atoms with Gasteiger partial charge < -0.3 is 5.32 Å². The van der Waals surface area contributed by atoms with E-state index in [1.54, 1.807) is 5.19 Å². The van der Waals surface area contributed by atoms with Crippen molar-refractivity contribution in [2.24, 2.45) is 4.99 Å². The SMILES string of the molecule is CCc1c2ccccc2c(CC)c2cc(-c3ccc(C)c(C4=c5cc6c(cc5[Si](C)(C)c5cc7c(cc54)CCCN7)=NCCC6)c3)ccc12. The lowest BCUT2D eigenvalue weighted by molar-refractivity contribution is 0.768. The molecule has 0 aromatic heterocycles. The van der Waals surface area contributed by atoms with Crippen LogP contribution in [0.15, 0.2) is 89.9 Å². The third kappa shape index (κ3) is 4.69. The van der Waals surface area contributed by atoms with Crippen molar-refractivity contribution in [3.63, 3.8) is 0 Å². The lowest BCUT2D eigenvalue weighted by Gasteiger charge is -2.35. The van der Waals surface area contributed by atoms with E-state index in [4.69, 9.17) is 4.99 Å². The molecule has 0 atom stereocenters. The molecule has 0 unspecified atom stereocenters. The first-order chi connectivity index (χ1) is 23.9. The molecule has 2 nitrogen and oxygen atoms in total. The summed E-state index contributed by atoms with van der Waals surface area (Å²) in [6.07, 6.45) is 6.64. The molecule has 0 aliphatic carbocycles. The molecule has 0 amide bonds. The number of hydrogen-bond donors (Lipinski definition) is 1. The minimum Gasteiger partial charge on any atom is -0.385 e. The van der Waals surface area contributed by atoms with Crippen LogP contribution in [0.5, 0.6) is 0 Å². The van der Waals surface area contributed by atoms with Crippen molar-refractivity contribution < 1.29 is 0 Å². The van der Waals surface area contributed by atoms with Gasteiger partial charge in [0.1, 0.15) is 8.07 Å². The van der Waals surface area contributed by atoms with Crippen LogP contribution >= 0.6 is 0 Å². The molecule has 0 saturated heterocycles. The fourth-order valence-corrected chi connectivity index (χ4v) is 12.4. The third-order valence-corrected chi connectivity index (χ3v) is 15.5. The van der Waals surface area contributed by atoms with E-state index >= 15 is 0 Å². The summed E-state index contributed by atoms with van der Waals surface area (Å²) >= 11 is 0. The minimum atomic E-state index is -2.01. The Morgan fingerprint density at radius 2 is 1.39 bits per heavy atom. The minimum absolute atomic E-state index is 0.945. The molecule has 0 spiro atoms. The Hall–Kier alpha value is -4.47. The van der Waals surface area contributed by atoms with Crippen LogP contribution in [-0.4, -0.2) is 21.2 Å². The Morgan fingerprint density at radius 3 is 2.18 bits per heavy atom. The van der Waals surface area contributed by atoms with Crippen molar-refractivity contribution in [2.45, 2.75) is 72.4 Å². The molecule has 6 aromatic carbocycles. The Morgan fingerprint density at radius 1 is 0.673 bits per heavy atom. The number of fused-ring (bicyclic) bond motifs is 6. The zero-order valence-electron chi connectivity index (χ0n) is 29.7. The lowest BCUT2D eigenvalue weighted by atomic mass is 9.85. The maximum atomic E-state index is 5.03. The monoisotopic (exact) mass is 654 g/mol. The normalized spacial score (nSPS) is 16.0. The number of anilines is 1. The fraction of sp³-hybridized carbons (Fsp3) is 0.283. The molecule has 49 heavy (non-hydrogen) atoms. The fourth-order valence-electron chi connectivity index (χ4n) is 9.36. The van der Waals surface area contributed by atoms with Crippen molar-refractivity contribution in [3.8, 4) is 11.1 Å². The quantitative estimate of drug-likeness (QED) is 0.150. The zero-order valence-corrected chi connectivity index (χ0v) is 30.7. The van der Waals surface area contributed by atoms with E-state index in [0.717, 1.165) is 45.2 Å². The van der Waals surface area contributed by atoms with Gasteiger partial charge in [-0.25, -0.2) is 0 Å². The molecule has 0 bridgehead atoms. The summed E-state index contributed by atoms with van der Waals surface area (Å²) in [7, 11) is -2.01. The van der Waals surface area contributed by atoms with Gasteiger partial charge in [0.15, 0.2) is 0 Å². The molecule has 3 aliphatic rings. The highest BCUT2D eigenvalue weighted by atomic mass is 28.3. The summed E-state index contributed by atoms with van der Waals surface area (Å²) in [6.45, 7) is 14.0. The number of benzene rings is 6. The maximum Gasteiger partial charge on any atom is 0.114 e. The zero-order chi connectivity index (χ0) is 33.4. The lowest BCUT2D eigenvalue weighted by Crippen LogP contribution is -2.63. The molecule has 3 aliphatic heterocycles. The summed E-state index contributed by atoms with van der Waals surface area (Å²) in [4.78, 5) is 5.03. The predicted molar refractivity (Wildman–Crippen MR) is 212 cm³/mol. The van der Waals surface area contributed by atoms with Crippen LogP contribution in [0.1, 0.15) is 65.6 Å². The van der Waals surface area contributed by atoms with Crippen molar-refractivity contribution in [1.82, 2.24) is 0 Å². The predicted octanol–water partition coefficient (Wildman–Crippen LogP) is 8.40. The van der Waals surface area contributed by atoms with Gasteiger partial charge >= 0.3 is 0 Å². The van der Waals surface area contributed by atoms with Crippen molar-refractivity contribution in [3.05, 3.63) is 134 Å². The van der Waals surface area contributed by atoms with E-state index in [1.807, 2.05) is 0 Å². The van der Waals surface area contributed by atoms with Crippen LogP contribution < -0.4 is 26.3 Å². The Balaban J connectivity index is 1.32. The third-order valence-electron chi connectivity index (χ3n) is 12.0. The van der Waals surface area contributed by atoms with Crippen LogP contribution in [0.2, 0.25) is 13.1 Å². The first-order valence-electron chi connectivity index (χ1n) is 18.6. The highest BCUT2D eigenvalue weighted by Gasteiger charge is 2.37. The number of hydrogen-bond acceptors (Lipinski definition) is 2. The van der Waals surface area contributed by atoms with E-state index in [0.29, 0.717) is 0 Å². The molecular formula is C46H46N2Si. The van der Waals surface area contributed by atoms with Gasteiger partial charge in [-0.3, -0.25) is 4.99 Å². The number of nitrogens with zero attached hydrogens (tertiary/aromatic N) is 1. The van der Waals surface area contributed by atoms with E-state index in [9.17, 15) is 0 Å². The highest BCUT2D eigenvalue weighted by molar-refractivity contribution is 7.01. The standard InChI is InChI=1S/C46H46N2Si/c1-6-33-35-14-8-9-15-36(35)34(7-2)39-23-30(18-19-37(33)39)29-17-16-28(3)38(22-29)46-40-24-31-12-10-20-47-42(31)26-44(40)49(4,5)45-27-43-32(25-41(45)46)13-11-21-48-43/h8-9,14-19,22-27,47H,6-7,10-13,20-21H2,1-5H3. The second-order valence-electron chi connectivity index (χ2n) is 15.1. The second-order valence-corrected chi connectivity index (χ2v) is 19.4. The first-order valence-corrected chi connectivity index (χ1v) is 21.6. The molecule has 1 N–H and O–H groups in total. The molecule has 3 heteroatoms. The molecule has 6 aromatic rings. The average molecular weight is 655 g/mol. The highest BCUT2D eigenvalue weighted by Crippen LogP contribution is 2.38.